The van der Waals surface area contributed by atoms with E-state index < -0.39 is 17.7 Å². The summed E-state index contributed by atoms with van der Waals surface area (Å²) < 4.78 is 16.4. The van der Waals surface area contributed by atoms with E-state index >= 15 is 0 Å². The van der Waals surface area contributed by atoms with Gasteiger partial charge < -0.3 is 23.6 Å². The van der Waals surface area contributed by atoms with Gasteiger partial charge in [0, 0.05) is 0 Å². The molecule has 1 N–H and O–H groups in total. The maximum atomic E-state index is 12.9. The van der Waals surface area contributed by atoms with Crippen LogP contribution in [0.2, 0.25) is 0 Å². The molecular weight excluding hydrogens is 374 g/mol. The molecule has 2 aromatic heterocycles. The normalized spacial score (nSPS) is 18.4. The fraction of sp³-hybridized carbons (Fsp3) is 0.182. The number of furan rings is 2. The second-order valence-electron chi connectivity index (χ2n) is 6.66. The van der Waals surface area contributed by atoms with E-state index in [4.69, 9.17) is 13.6 Å². The summed E-state index contributed by atoms with van der Waals surface area (Å²) in [5.74, 6) is 0.0531. The molecular formula is C22H19NO6. The van der Waals surface area contributed by atoms with Crippen LogP contribution in [0.3, 0.4) is 0 Å². The Morgan fingerprint density at radius 3 is 2.59 bits per heavy atom. The molecule has 1 aliphatic heterocycles. The summed E-state index contributed by atoms with van der Waals surface area (Å²) in [4.78, 5) is 27.1. The van der Waals surface area contributed by atoms with Gasteiger partial charge in [-0.3, -0.25) is 9.59 Å². The molecule has 3 heterocycles. The summed E-state index contributed by atoms with van der Waals surface area (Å²) >= 11 is 0. The number of Topliss-reactive ketones (excluding diaryl/α,β-unsaturated/α-hetero) is 1. The van der Waals surface area contributed by atoms with Gasteiger partial charge in [0.25, 0.3) is 11.7 Å². The lowest BCUT2D eigenvalue weighted by Crippen LogP contribution is -2.28. The second kappa shape index (κ2) is 7.35. The first-order chi connectivity index (χ1) is 14.0. The minimum absolute atomic E-state index is 0.0552. The van der Waals surface area contributed by atoms with E-state index in [0.717, 1.165) is 0 Å². The molecule has 1 atom stereocenters. The van der Waals surface area contributed by atoms with Gasteiger partial charge in [0.05, 0.1) is 31.1 Å². The van der Waals surface area contributed by atoms with Gasteiger partial charge >= 0.3 is 0 Å². The lowest BCUT2D eigenvalue weighted by molar-refractivity contribution is -0.140. The first-order valence-corrected chi connectivity index (χ1v) is 9.01. The molecule has 7 heteroatoms. The quantitative estimate of drug-likeness (QED) is 0.402. The zero-order valence-corrected chi connectivity index (χ0v) is 15.9. The summed E-state index contributed by atoms with van der Waals surface area (Å²) in [6, 6.07) is 12.7. The van der Waals surface area contributed by atoms with Gasteiger partial charge in [0.2, 0.25) is 0 Å². The predicted octanol–water partition coefficient (Wildman–Crippen LogP) is 3.81. The van der Waals surface area contributed by atoms with E-state index in [2.05, 4.69) is 0 Å². The molecule has 1 saturated heterocycles. The third-order valence-electron chi connectivity index (χ3n) is 4.84. The van der Waals surface area contributed by atoms with Crippen molar-refractivity contribution in [3.05, 3.63) is 83.2 Å². The number of ether oxygens (including phenoxy) is 1. The lowest BCUT2D eigenvalue weighted by Gasteiger charge is -2.22. The molecule has 148 valence electrons. The first kappa shape index (κ1) is 18.6. The molecule has 1 amide bonds. The van der Waals surface area contributed by atoms with Gasteiger partial charge in [-0.2, -0.15) is 0 Å². The SMILES string of the molecule is COc1ccccc1/C(O)=C1/C(=O)C(=O)N(Cc2ccco2)C1c1ccc(C)o1. The number of aliphatic hydroxyl groups is 1. The van der Waals surface area contributed by atoms with E-state index in [0.29, 0.717) is 28.6 Å². The molecule has 1 aromatic carbocycles. The van der Waals surface area contributed by atoms with Gasteiger partial charge in [0.15, 0.2) is 0 Å². The number of rotatable bonds is 5. The third-order valence-corrected chi connectivity index (χ3v) is 4.84. The van der Waals surface area contributed by atoms with Gasteiger partial charge in [-0.25, -0.2) is 0 Å². The number of hydrogen-bond donors (Lipinski definition) is 1. The van der Waals surface area contributed by atoms with Crippen molar-refractivity contribution in [2.24, 2.45) is 0 Å². The summed E-state index contributed by atoms with van der Waals surface area (Å²) in [7, 11) is 1.47. The molecule has 0 aliphatic carbocycles. The number of para-hydroxylation sites is 1. The number of hydrogen-bond acceptors (Lipinski definition) is 6. The van der Waals surface area contributed by atoms with Crippen molar-refractivity contribution >= 4 is 17.4 Å². The van der Waals surface area contributed by atoms with Crippen molar-refractivity contribution in [3.8, 4) is 5.75 Å². The maximum absolute atomic E-state index is 12.9. The number of carbonyl (C=O) groups excluding carboxylic acids is 2. The number of nitrogens with zero attached hydrogens (tertiary/aromatic N) is 1. The van der Waals surface area contributed by atoms with Crippen molar-refractivity contribution in [1.82, 2.24) is 4.90 Å². The highest BCUT2D eigenvalue weighted by Crippen LogP contribution is 2.42. The molecule has 0 bridgehead atoms. The van der Waals surface area contributed by atoms with Crippen LogP contribution in [0.5, 0.6) is 5.75 Å². The third kappa shape index (κ3) is 3.20. The molecule has 4 rings (SSSR count). The van der Waals surface area contributed by atoms with Crippen LogP contribution >= 0.6 is 0 Å². The van der Waals surface area contributed by atoms with Gasteiger partial charge in [0.1, 0.15) is 34.8 Å². The van der Waals surface area contributed by atoms with Crippen molar-refractivity contribution < 1.29 is 28.3 Å². The minimum atomic E-state index is -0.890. The zero-order valence-electron chi connectivity index (χ0n) is 15.9. The Morgan fingerprint density at radius 2 is 1.93 bits per heavy atom. The lowest BCUT2D eigenvalue weighted by atomic mass is 9.99. The number of ketones is 1. The Labute approximate surface area is 166 Å². The van der Waals surface area contributed by atoms with E-state index in [-0.39, 0.29) is 17.9 Å². The fourth-order valence-corrected chi connectivity index (χ4v) is 3.50. The topological polar surface area (TPSA) is 93.1 Å². The molecule has 1 fully saturated rings. The van der Waals surface area contributed by atoms with E-state index in [1.165, 1.54) is 18.3 Å². The number of methoxy groups -OCH3 is 1. The van der Waals surface area contributed by atoms with Crippen molar-refractivity contribution in [3.63, 3.8) is 0 Å². The first-order valence-electron chi connectivity index (χ1n) is 9.01. The maximum Gasteiger partial charge on any atom is 0.296 e. The second-order valence-corrected chi connectivity index (χ2v) is 6.66. The molecule has 0 saturated carbocycles. The highest BCUT2D eigenvalue weighted by Gasteiger charge is 2.48. The minimum Gasteiger partial charge on any atom is -0.507 e. The highest BCUT2D eigenvalue weighted by atomic mass is 16.5. The fourth-order valence-electron chi connectivity index (χ4n) is 3.50. The Kier molecular flexibility index (Phi) is 4.72. The summed E-state index contributed by atoms with van der Waals surface area (Å²) in [6.07, 6.45) is 1.49. The van der Waals surface area contributed by atoms with Crippen LogP contribution in [-0.4, -0.2) is 28.8 Å². The van der Waals surface area contributed by atoms with Crippen LogP contribution in [0, 0.1) is 6.92 Å². The van der Waals surface area contributed by atoms with Crippen molar-refractivity contribution in [1.29, 1.82) is 0 Å². The summed E-state index contributed by atoms with van der Waals surface area (Å²) in [5, 5.41) is 11.0. The molecule has 7 nitrogen and oxygen atoms in total. The van der Waals surface area contributed by atoms with Crippen molar-refractivity contribution in [2.45, 2.75) is 19.5 Å². The van der Waals surface area contributed by atoms with Gasteiger partial charge in [-0.15, -0.1) is 0 Å². The molecule has 3 aromatic rings. The number of aryl methyl sites for hydroxylation is 1. The van der Waals surface area contributed by atoms with Crippen LogP contribution in [0.1, 0.15) is 28.9 Å². The number of benzene rings is 1. The number of carbonyl (C=O) groups is 2. The van der Waals surface area contributed by atoms with E-state index in [9.17, 15) is 14.7 Å². The van der Waals surface area contributed by atoms with Crippen molar-refractivity contribution in [2.75, 3.05) is 7.11 Å². The molecule has 0 radical (unpaired) electrons. The Hall–Kier alpha value is -3.74. The largest absolute Gasteiger partial charge is 0.507 e. The number of aliphatic hydroxyl groups excluding tert-OH is 1. The predicted molar refractivity (Wildman–Crippen MR) is 103 cm³/mol. The van der Waals surface area contributed by atoms with Crippen LogP contribution in [0.4, 0.5) is 0 Å². The zero-order chi connectivity index (χ0) is 20.5. The smallest absolute Gasteiger partial charge is 0.296 e. The van der Waals surface area contributed by atoms with E-state index in [1.807, 2.05) is 0 Å². The van der Waals surface area contributed by atoms with Gasteiger partial charge in [-0.1, -0.05) is 12.1 Å². The monoisotopic (exact) mass is 393 g/mol. The standard InChI is InChI=1S/C22H19NO6/c1-13-9-10-17(29-13)19-18(20(24)15-7-3-4-8-16(15)27-2)21(25)22(26)23(19)12-14-6-5-11-28-14/h3-11,19,24H,12H2,1-2H3/b20-18-. The Morgan fingerprint density at radius 1 is 1.14 bits per heavy atom. The number of likely N-dealkylation sites (tertiary alicyclic amines) is 1. The number of amides is 1. The summed E-state index contributed by atoms with van der Waals surface area (Å²) in [5.41, 5.74) is 0.264. The molecule has 0 spiro atoms. The Balaban J connectivity index is 1.88. The van der Waals surface area contributed by atoms with E-state index in [1.54, 1.807) is 55.5 Å². The molecule has 1 aliphatic rings. The van der Waals surface area contributed by atoms with Crippen LogP contribution in [0.25, 0.3) is 5.76 Å². The van der Waals surface area contributed by atoms with Crippen LogP contribution in [-0.2, 0) is 16.1 Å². The van der Waals surface area contributed by atoms with Crippen LogP contribution < -0.4 is 4.74 Å². The van der Waals surface area contributed by atoms with Crippen LogP contribution in [0.15, 0.2) is 69.2 Å². The average Bonchev–Trinajstić information content (AvgIpc) is 3.45. The summed E-state index contributed by atoms with van der Waals surface area (Å²) in [6.45, 7) is 1.83. The Bertz CT molecular complexity index is 1090. The molecule has 29 heavy (non-hydrogen) atoms. The van der Waals surface area contributed by atoms with Gasteiger partial charge in [-0.05, 0) is 43.3 Å². The molecule has 1 unspecified atom stereocenters. The highest BCUT2D eigenvalue weighted by molar-refractivity contribution is 6.46. The average molecular weight is 393 g/mol.